The van der Waals surface area contributed by atoms with Gasteiger partial charge in [0.1, 0.15) is 0 Å². The molecule has 3 aromatic carbocycles. The summed E-state index contributed by atoms with van der Waals surface area (Å²) in [5.74, 6) is -0.592. The van der Waals surface area contributed by atoms with E-state index >= 15 is 0 Å². The number of benzene rings is 3. The Morgan fingerprint density at radius 1 is 1.00 bits per heavy atom. The number of carbonyl (C=O) groups excluding carboxylic acids is 1. The first-order chi connectivity index (χ1) is 19.6. The van der Waals surface area contributed by atoms with Gasteiger partial charge in [0.05, 0.1) is 18.8 Å². The average Bonchev–Trinajstić information content (AvgIpc) is 2.97. The number of likely N-dealkylation sites (N-methyl/N-ethyl adjacent to an activating group) is 1. The third kappa shape index (κ3) is 8.33. The lowest BCUT2D eigenvalue weighted by molar-refractivity contribution is -0.275. The van der Waals surface area contributed by atoms with Crippen LogP contribution in [-0.2, 0) is 27.4 Å². The van der Waals surface area contributed by atoms with Crippen LogP contribution in [-0.4, -0.2) is 45.9 Å². The Balaban J connectivity index is 1.59. The number of aliphatic hydroxyl groups excluding tert-OH is 1. The number of carbonyl (C=O) groups is 1. The van der Waals surface area contributed by atoms with Crippen LogP contribution in [0.1, 0.15) is 41.6 Å². The van der Waals surface area contributed by atoms with Crippen molar-refractivity contribution in [1.82, 2.24) is 10.2 Å². The highest BCUT2D eigenvalue weighted by Gasteiger charge is 2.38. The van der Waals surface area contributed by atoms with Crippen LogP contribution < -0.4 is 5.32 Å². The molecule has 0 aromatic heterocycles. The summed E-state index contributed by atoms with van der Waals surface area (Å²) in [6.07, 6.45) is 1.02. The fraction of sp³-hybridized carbons (Fsp3) is 0.344. The van der Waals surface area contributed by atoms with Gasteiger partial charge in [-0.15, -0.1) is 6.58 Å². The minimum Gasteiger partial charge on any atom is -0.392 e. The summed E-state index contributed by atoms with van der Waals surface area (Å²) < 4.78 is 11.2. The fourth-order valence-electron chi connectivity index (χ4n) is 4.94. The van der Waals surface area contributed by atoms with Crippen LogP contribution in [0.3, 0.4) is 0 Å². The van der Waals surface area contributed by atoms with Gasteiger partial charge in [-0.05, 0) is 47.0 Å². The maximum atomic E-state index is 12.0. The molecule has 1 amide bonds. The fourth-order valence-corrected chi connectivity index (χ4v) is 5.14. The van der Waals surface area contributed by atoms with Gasteiger partial charge < -0.3 is 24.8 Å². The molecule has 1 fully saturated rings. The molecule has 0 spiro atoms. The van der Waals surface area contributed by atoms with E-state index in [0.717, 1.165) is 46.5 Å². The Labute approximate surface area is 256 Å². The maximum Gasteiger partial charge on any atom is 0.272 e. The molecule has 218 valence electrons. The van der Waals surface area contributed by atoms with E-state index in [1.165, 1.54) is 0 Å². The number of ether oxygens (including phenoxy) is 2. The molecule has 0 aliphatic carbocycles. The first-order valence-electron chi connectivity index (χ1n) is 13.4. The topological polar surface area (TPSA) is 71.0 Å². The quantitative estimate of drug-likeness (QED) is 0.195. The molecule has 3 aromatic rings. The third-order valence-electron chi connectivity index (χ3n) is 7.19. The Bertz CT molecular complexity index is 1330. The number of nitrogens with one attached hydrogen (secondary N) is 1. The van der Waals surface area contributed by atoms with E-state index in [0.29, 0.717) is 0 Å². The molecular weight excluding hydrogens is 583 g/mol. The lowest BCUT2D eigenvalue weighted by atomic mass is 9.90. The molecule has 0 radical (unpaired) electrons. The van der Waals surface area contributed by atoms with E-state index in [9.17, 15) is 9.90 Å². The first kappa shape index (κ1) is 31.5. The van der Waals surface area contributed by atoms with Gasteiger partial charge in [-0.1, -0.05) is 108 Å². The van der Waals surface area contributed by atoms with Crippen molar-refractivity contribution in [2.45, 2.75) is 42.4 Å². The Morgan fingerprint density at radius 3 is 2.34 bits per heavy atom. The smallest absolute Gasteiger partial charge is 0.272 e. The summed E-state index contributed by atoms with van der Waals surface area (Å²) in [7, 11) is 2.05. The second kappa shape index (κ2) is 14.2. The Hall–Kier alpha value is -2.42. The molecule has 1 heterocycles. The minimum atomic E-state index is -2.01. The minimum absolute atomic E-state index is 0.00463. The van der Waals surface area contributed by atoms with Gasteiger partial charge in [-0.25, -0.2) is 0 Å². The number of rotatable bonds is 10. The van der Waals surface area contributed by atoms with Crippen molar-refractivity contribution in [1.29, 1.82) is 0 Å². The highest BCUT2D eigenvalue weighted by Crippen LogP contribution is 2.42. The summed E-state index contributed by atoms with van der Waals surface area (Å²) in [6.45, 7) is 7.71. The lowest BCUT2D eigenvalue weighted by Crippen LogP contribution is -2.43. The number of amides is 1. The van der Waals surface area contributed by atoms with Gasteiger partial charge in [0.15, 0.2) is 6.29 Å². The van der Waals surface area contributed by atoms with Crippen LogP contribution >= 0.6 is 34.8 Å². The number of hydrogen-bond acceptors (Lipinski definition) is 5. The number of halogens is 3. The molecule has 0 bridgehead atoms. The lowest BCUT2D eigenvalue weighted by Gasteiger charge is -2.42. The van der Waals surface area contributed by atoms with E-state index in [2.05, 4.69) is 36.8 Å². The standard InChI is InChI=1S/C32H35Cl3N2O4/c1-4-15-37(3)19-28-21(2)29(24-13-11-22(20-38)12-14-24)41-30(40-28)27-10-6-9-26(17-27)25-8-5-7-23(16-25)18-36-31(39)32(33,34)35/h4-14,16-17,21,28-30,38H,1,15,18-20H2,2-3H3,(H,36,39)/t21-,28+,29+,30+/m1/s1. The molecule has 1 aliphatic rings. The Kier molecular flexibility index (Phi) is 10.9. The van der Waals surface area contributed by atoms with Crippen molar-refractivity contribution in [2.24, 2.45) is 5.92 Å². The maximum absolute atomic E-state index is 12.0. The Morgan fingerprint density at radius 2 is 1.68 bits per heavy atom. The van der Waals surface area contributed by atoms with E-state index in [-0.39, 0.29) is 31.3 Å². The zero-order valence-corrected chi connectivity index (χ0v) is 25.4. The predicted octanol–water partition coefficient (Wildman–Crippen LogP) is 6.74. The van der Waals surface area contributed by atoms with Crippen LogP contribution in [0.25, 0.3) is 11.1 Å². The summed E-state index contributed by atoms with van der Waals surface area (Å²) in [4.78, 5) is 14.2. The zero-order chi connectivity index (χ0) is 29.6. The van der Waals surface area contributed by atoms with E-state index in [1.807, 2.05) is 72.8 Å². The second-order valence-electron chi connectivity index (χ2n) is 10.3. The number of nitrogens with zero attached hydrogens (tertiary/aromatic N) is 1. The molecular formula is C32H35Cl3N2O4. The van der Waals surface area contributed by atoms with Crippen LogP contribution in [0.4, 0.5) is 0 Å². The zero-order valence-electron chi connectivity index (χ0n) is 23.1. The number of aliphatic hydroxyl groups is 1. The average molecular weight is 618 g/mol. The highest BCUT2D eigenvalue weighted by atomic mass is 35.6. The molecule has 2 N–H and O–H groups in total. The number of hydrogen-bond donors (Lipinski definition) is 2. The molecule has 1 saturated heterocycles. The van der Waals surface area contributed by atoms with Crippen molar-refractivity contribution < 1.29 is 19.4 Å². The molecule has 0 saturated carbocycles. The molecule has 0 unspecified atom stereocenters. The van der Waals surface area contributed by atoms with Gasteiger partial charge >= 0.3 is 0 Å². The van der Waals surface area contributed by atoms with Gasteiger partial charge in [-0.3, -0.25) is 4.79 Å². The molecule has 4 rings (SSSR count). The van der Waals surface area contributed by atoms with E-state index < -0.39 is 16.0 Å². The van der Waals surface area contributed by atoms with Gasteiger partial charge in [-0.2, -0.15) is 0 Å². The van der Waals surface area contributed by atoms with Crippen LogP contribution in [0.15, 0.2) is 85.5 Å². The van der Waals surface area contributed by atoms with Gasteiger partial charge in [0.2, 0.25) is 0 Å². The van der Waals surface area contributed by atoms with Crippen molar-refractivity contribution in [2.75, 3.05) is 20.1 Å². The largest absolute Gasteiger partial charge is 0.392 e. The summed E-state index contributed by atoms with van der Waals surface area (Å²) in [5, 5.41) is 12.1. The second-order valence-corrected chi connectivity index (χ2v) is 12.6. The van der Waals surface area contributed by atoms with E-state index in [4.69, 9.17) is 44.3 Å². The molecule has 41 heavy (non-hydrogen) atoms. The molecule has 4 atom stereocenters. The third-order valence-corrected chi connectivity index (χ3v) is 7.70. The van der Waals surface area contributed by atoms with Crippen molar-refractivity contribution in [3.05, 3.63) is 108 Å². The SMILES string of the molecule is C=CCN(C)C[C@@H]1O[C@H](c2cccc(-c3cccc(CNC(=O)C(Cl)(Cl)Cl)c3)c2)O[C@H](c2ccc(CO)cc2)[C@@H]1C. The normalized spacial score (nSPS) is 21.0. The highest BCUT2D eigenvalue weighted by molar-refractivity contribution is 6.76. The van der Waals surface area contributed by atoms with Crippen molar-refractivity contribution >= 4 is 40.7 Å². The summed E-state index contributed by atoms with van der Waals surface area (Å²) in [6, 6.07) is 23.8. The molecule has 1 aliphatic heterocycles. The van der Waals surface area contributed by atoms with Crippen LogP contribution in [0, 0.1) is 5.92 Å². The van der Waals surface area contributed by atoms with Crippen LogP contribution in [0.5, 0.6) is 0 Å². The van der Waals surface area contributed by atoms with Crippen molar-refractivity contribution in [3.63, 3.8) is 0 Å². The number of alkyl halides is 3. The summed E-state index contributed by atoms with van der Waals surface area (Å²) in [5.41, 5.74) is 5.61. The van der Waals surface area contributed by atoms with Crippen molar-refractivity contribution in [3.8, 4) is 11.1 Å². The van der Waals surface area contributed by atoms with Gasteiger partial charge in [0, 0.05) is 31.1 Å². The van der Waals surface area contributed by atoms with Crippen LogP contribution in [0.2, 0.25) is 0 Å². The summed E-state index contributed by atoms with van der Waals surface area (Å²) >= 11 is 17.0. The molecule has 6 nitrogen and oxygen atoms in total. The predicted molar refractivity (Wildman–Crippen MR) is 165 cm³/mol. The molecule has 9 heteroatoms. The monoisotopic (exact) mass is 616 g/mol. The van der Waals surface area contributed by atoms with E-state index in [1.54, 1.807) is 0 Å². The van der Waals surface area contributed by atoms with Gasteiger partial charge in [0.25, 0.3) is 9.70 Å². The first-order valence-corrected chi connectivity index (χ1v) is 14.6.